The molecule has 5 nitrogen and oxygen atoms in total. The van der Waals surface area contributed by atoms with Gasteiger partial charge < -0.3 is 5.32 Å². The monoisotopic (exact) mass is 329 g/mol. The smallest absolute Gasteiger partial charge is 0.162 e. The molecule has 0 saturated carbocycles. The van der Waals surface area contributed by atoms with Gasteiger partial charge in [0.15, 0.2) is 5.15 Å². The second-order valence-electron chi connectivity index (χ2n) is 4.62. The molecule has 0 bridgehead atoms. The van der Waals surface area contributed by atoms with Crippen LogP contribution in [-0.4, -0.2) is 14.2 Å². The highest BCUT2D eigenvalue weighted by Gasteiger charge is 2.12. The number of nitrogens with one attached hydrogen (secondary N) is 1. The van der Waals surface area contributed by atoms with Crippen LogP contribution < -0.4 is 5.32 Å². The Morgan fingerprint density at radius 3 is 2.82 bits per heavy atom. The zero-order valence-electron chi connectivity index (χ0n) is 11.5. The van der Waals surface area contributed by atoms with Crippen molar-refractivity contribution >= 4 is 28.1 Å². The number of hydrogen-bond acceptors (Lipinski definition) is 5. The summed E-state index contributed by atoms with van der Waals surface area (Å²) in [6.07, 6.45) is 3.69. The Morgan fingerprint density at radius 1 is 1.27 bits per heavy atom. The van der Waals surface area contributed by atoms with Crippen LogP contribution in [0.4, 0.5) is 5.00 Å². The zero-order chi connectivity index (χ0) is 15.4. The van der Waals surface area contributed by atoms with E-state index in [4.69, 9.17) is 16.9 Å². The molecular formula is C15H12ClN5S. The number of hydrogen-bond donors (Lipinski definition) is 1. The highest BCUT2D eigenvalue weighted by molar-refractivity contribution is 7.10. The molecule has 1 aromatic carbocycles. The highest BCUT2D eigenvalue weighted by Crippen LogP contribution is 2.28. The first-order valence-electron chi connectivity index (χ1n) is 6.61. The highest BCUT2D eigenvalue weighted by atomic mass is 35.5. The Hall–Kier alpha value is -2.36. The topological polar surface area (TPSA) is 66.5 Å². The van der Waals surface area contributed by atoms with Gasteiger partial charge in [0.1, 0.15) is 16.6 Å². The van der Waals surface area contributed by atoms with Crippen molar-refractivity contribution in [1.82, 2.24) is 14.2 Å². The van der Waals surface area contributed by atoms with Crippen molar-refractivity contribution in [2.24, 2.45) is 0 Å². The van der Waals surface area contributed by atoms with Crippen molar-refractivity contribution in [2.45, 2.75) is 13.1 Å². The lowest BCUT2D eigenvalue weighted by molar-refractivity contribution is 0.682. The van der Waals surface area contributed by atoms with Crippen LogP contribution in [0.5, 0.6) is 0 Å². The van der Waals surface area contributed by atoms with Crippen molar-refractivity contribution in [3.63, 3.8) is 0 Å². The molecule has 0 unspecified atom stereocenters. The van der Waals surface area contributed by atoms with E-state index in [2.05, 4.69) is 33.0 Å². The quantitative estimate of drug-likeness (QED) is 0.777. The Bertz CT molecular complexity index is 804. The molecular weight excluding hydrogens is 318 g/mol. The fourth-order valence-corrected chi connectivity index (χ4v) is 3.05. The van der Waals surface area contributed by atoms with Gasteiger partial charge in [0, 0.05) is 18.9 Å². The lowest BCUT2D eigenvalue weighted by Crippen LogP contribution is -2.07. The lowest BCUT2D eigenvalue weighted by atomic mass is 10.1. The molecule has 2 heterocycles. The van der Waals surface area contributed by atoms with Crippen LogP contribution in [0.3, 0.4) is 0 Å². The minimum atomic E-state index is 0.250. The SMILES string of the molecule is N#Cc1c(Cl)nsc1NCc1ccccc1Cn1cccn1. The van der Waals surface area contributed by atoms with Gasteiger partial charge in [-0.3, -0.25) is 4.68 Å². The van der Waals surface area contributed by atoms with E-state index in [0.29, 0.717) is 23.7 Å². The maximum absolute atomic E-state index is 9.09. The molecule has 3 aromatic rings. The molecule has 0 aliphatic rings. The van der Waals surface area contributed by atoms with E-state index < -0.39 is 0 Å². The number of nitriles is 1. The van der Waals surface area contributed by atoms with E-state index in [-0.39, 0.29) is 5.15 Å². The van der Waals surface area contributed by atoms with E-state index in [1.165, 1.54) is 17.1 Å². The molecule has 1 N–H and O–H groups in total. The first-order chi connectivity index (χ1) is 10.8. The van der Waals surface area contributed by atoms with Crippen molar-refractivity contribution in [3.05, 3.63) is 64.6 Å². The second kappa shape index (κ2) is 6.60. The van der Waals surface area contributed by atoms with Gasteiger partial charge in [-0.1, -0.05) is 35.9 Å². The van der Waals surface area contributed by atoms with E-state index in [1.807, 2.05) is 29.1 Å². The Morgan fingerprint density at radius 2 is 2.09 bits per heavy atom. The van der Waals surface area contributed by atoms with E-state index in [1.54, 1.807) is 6.20 Å². The fraction of sp³-hybridized carbons (Fsp3) is 0.133. The third-order valence-electron chi connectivity index (χ3n) is 3.21. The van der Waals surface area contributed by atoms with Crippen molar-refractivity contribution in [2.75, 3.05) is 5.32 Å². The van der Waals surface area contributed by atoms with Gasteiger partial charge in [0.25, 0.3) is 0 Å². The van der Waals surface area contributed by atoms with Crippen molar-refractivity contribution in [1.29, 1.82) is 5.26 Å². The van der Waals surface area contributed by atoms with Gasteiger partial charge in [0.2, 0.25) is 0 Å². The van der Waals surface area contributed by atoms with Crippen LogP contribution in [0.15, 0.2) is 42.7 Å². The summed E-state index contributed by atoms with van der Waals surface area (Å²) < 4.78 is 5.87. The zero-order valence-corrected chi connectivity index (χ0v) is 13.1. The summed E-state index contributed by atoms with van der Waals surface area (Å²) >= 11 is 7.08. The Balaban J connectivity index is 1.77. The van der Waals surface area contributed by atoms with Gasteiger partial charge in [-0.05, 0) is 28.7 Å². The third kappa shape index (κ3) is 3.11. The number of benzene rings is 1. The minimum absolute atomic E-state index is 0.250. The maximum atomic E-state index is 9.09. The van der Waals surface area contributed by atoms with Crippen molar-refractivity contribution in [3.8, 4) is 6.07 Å². The van der Waals surface area contributed by atoms with Gasteiger partial charge in [0.05, 0.1) is 6.54 Å². The Kier molecular flexibility index (Phi) is 4.37. The first kappa shape index (κ1) is 14.6. The largest absolute Gasteiger partial charge is 0.370 e. The first-order valence-corrected chi connectivity index (χ1v) is 7.76. The summed E-state index contributed by atoms with van der Waals surface area (Å²) in [5, 5.41) is 17.5. The van der Waals surface area contributed by atoms with Crippen LogP contribution in [0.1, 0.15) is 16.7 Å². The Labute approximate surface area is 136 Å². The van der Waals surface area contributed by atoms with Gasteiger partial charge in [-0.15, -0.1) is 0 Å². The predicted octanol–water partition coefficient (Wildman–Crippen LogP) is 3.53. The number of aromatic nitrogens is 3. The molecule has 0 amide bonds. The molecule has 0 aliphatic carbocycles. The summed E-state index contributed by atoms with van der Waals surface area (Å²) in [5.74, 6) is 0. The molecule has 2 aromatic heterocycles. The third-order valence-corrected chi connectivity index (χ3v) is 4.39. The molecule has 3 rings (SSSR count). The van der Waals surface area contributed by atoms with Gasteiger partial charge in [-0.25, -0.2) is 0 Å². The van der Waals surface area contributed by atoms with Crippen LogP contribution in [-0.2, 0) is 13.1 Å². The molecule has 0 radical (unpaired) electrons. The summed E-state index contributed by atoms with van der Waals surface area (Å²) in [4.78, 5) is 0. The van der Waals surface area contributed by atoms with E-state index >= 15 is 0 Å². The average Bonchev–Trinajstić information content (AvgIpc) is 3.16. The normalized spacial score (nSPS) is 10.4. The number of halogens is 1. The van der Waals surface area contributed by atoms with E-state index in [9.17, 15) is 0 Å². The number of nitrogens with zero attached hydrogens (tertiary/aromatic N) is 4. The number of anilines is 1. The van der Waals surface area contributed by atoms with Crippen LogP contribution in [0.25, 0.3) is 0 Å². The van der Waals surface area contributed by atoms with Crippen LogP contribution in [0.2, 0.25) is 5.15 Å². The van der Waals surface area contributed by atoms with Crippen LogP contribution >= 0.6 is 23.1 Å². The summed E-state index contributed by atoms with van der Waals surface area (Å²) in [7, 11) is 0. The standard InChI is InChI=1S/C15H12ClN5S/c16-14-13(8-17)15(22-20-14)18-9-11-4-1-2-5-12(11)10-21-7-3-6-19-21/h1-7,18H,9-10H2. The predicted molar refractivity (Wildman–Crippen MR) is 86.9 cm³/mol. The molecule has 22 heavy (non-hydrogen) atoms. The van der Waals surface area contributed by atoms with Crippen LogP contribution in [0, 0.1) is 11.3 Å². The average molecular weight is 330 g/mol. The molecule has 0 saturated heterocycles. The van der Waals surface area contributed by atoms with Gasteiger partial charge in [-0.2, -0.15) is 14.7 Å². The molecule has 0 atom stereocenters. The number of rotatable bonds is 5. The van der Waals surface area contributed by atoms with E-state index in [0.717, 1.165) is 5.56 Å². The molecule has 0 spiro atoms. The molecule has 0 aliphatic heterocycles. The lowest BCUT2D eigenvalue weighted by Gasteiger charge is -2.10. The molecule has 110 valence electrons. The molecule has 7 heteroatoms. The molecule has 0 fully saturated rings. The second-order valence-corrected chi connectivity index (χ2v) is 5.75. The van der Waals surface area contributed by atoms with Crippen molar-refractivity contribution < 1.29 is 0 Å². The summed E-state index contributed by atoms with van der Waals surface area (Å²) in [5.41, 5.74) is 2.72. The fourth-order valence-electron chi connectivity index (χ4n) is 2.12. The van der Waals surface area contributed by atoms with Gasteiger partial charge >= 0.3 is 0 Å². The maximum Gasteiger partial charge on any atom is 0.162 e. The minimum Gasteiger partial charge on any atom is -0.370 e. The summed E-state index contributed by atoms with van der Waals surface area (Å²) in [6, 6.07) is 12.1. The summed E-state index contributed by atoms with van der Waals surface area (Å²) in [6.45, 7) is 1.31.